The Balaban J connectivity index is 1.77. The van der Waals surface area contributed by atoms with E-state index in [1.807, 2.05) is 31.3 Å². The fraction of sp³-hybridized carbons (Fsp3) is 0.333. The van der Waals surface area contributed by atoms with Crippen LogP contribution in [0.15, 0.2) is 55.1 Å². The molecular weight excluding hydrogens is 374 g/mol. The SMILES string of the molecule is C[C@@H]1C(=O)C(C#N)C[C@]2(c3ccccc3)c3nc(-c4cnccn4)ncc3CC[C@@H]12. The van der Waals surface area contributed by atoms with E-state index in [2.05, 4.69) is 33.2 Å². The molecule has 3 aromatic rings. The monoisotopic (exact) mass is 395 g/mol. The van der Waals surface area contributed by atoms with Gasteiger partial charge in [0.2, 0.25) is 0 Å². The maximum absolute atomic E-state index is 12.9. The van der Waals surface area contributed by atoms with Crippen LogP contribution in [0.5, 0.6) is 0 Å². The minimum atomic E-state index is -0.641. The first-order valence-electron chi connectivity index (χ1n) is 10.3. The lowest BCUT2D eigenvalue weighted by Gasteiger charge is -2.51. The predicted octanol–water partition coefficient (Wildman–Crippen LogP) is 3.53. The topological polar surface area (TPSA) is 92.4 Å². The maximum atomic E-state index is 12.9. The Morgan fingerprint density at radius 1 is 1.13 bits per heavy atom. The summed E-state index contributed by atoms with van der Waals surface area (Å²) in [5.41, 5.74) is 3.24. The van der Waals surface area contributed by atoms with Crippen molar-refractivity contribution >= 4 is 5.78 Å². The zero-order chi connectivity index (χ0) is 20.7. The Bertz CT molecular complexity index is 1140. The summed E-state index contributed by atoms with van der Waals surface area (Å²) < 4.78 is 0. The third kappa shape index (κ3) is 2.66. The van der Waals surface area contributed by atoms with Crippen LogP contribution in [0.25, 0.3) is 11.5 Å². The summed E-state index contributed by atoms with van der Waals surface area (Å²) in [4.78, 5) is 31.0. The summed E-state index contributed by atoms with van der Waals surface area (Å²) >= 11 is 0. The van der Waals surface area contributed by atoms with E-state index in [9.17, 15) is 10.1 Å². The summed E-state index contributed by atoms with van der Waals surface area (Å²) in [5, 5.41) is 9.79. The summed E-state index contributed by atoms with van der Waals surface area (Å²) in [6.45, 7) is 1.98. The van der Waals surface area contributed by atoms with E-state index in [1.165, 1.54) is 0 Å². The molecule has 2 heterocycles. The quantitative estimate of drug-likeness (QED) is 0.659. The molecule has 0 radical (unpaired) electrons. The van der Waals surface area contributed by atoms with Crippen molar-refractivity contribution in [2.24, 2.45) is 17.8 Å². The first-order chi connectivity index (χ1) is 14.6. The number of ketones is 1. The van der Waals surface area contributed by atoms with Gasteiger partial charge >= 0.3 is 0 Å². The third-order valence-electron chi connectivity index (χ3n) is 6.80. The Kier molecular flexibility index (Phi) is 4.39. The second-order valence-electron chi connectivity index (χ2n) is 8.22. The van der Waals surface area contributed by atoms with Crippen molar-refractivity contribution in [3.63, 3.8) is 0 Å². The standard InChI is InChI=1S/C24H21N5O/c1-15-19-8-7-16-13-28-23(20-14-26-9-10-27-20)29-22(16)24(19,11-17(12-25)21(15)30)18-5-3-2-4-6-18/h2-6,9-10,13-15,17,19H,7-8,11H2,1H3/t15-,17?,19-,24+/m0/s1. The lowest BCUT2D eigenvalue weighted by molar-refractivity contribution is -0.131. The number of fused-ring (bicyclic) bond motifs is 3. The highest BCUT2D eigenvalue weighted by atomic mass is 16.1. The smallest absolute Gasteiger partial charge is 0.180 e. The van der Waals surface area contributed by atoms with Crippen LogP contribution in [-0.4, -0.2) is 25.7 Å². The van der Waals surface area contributed by atoms with Gasteiger partial charge in [0.05, 0.1) is 18.0 Å². The van der Waals surface area contributed by atoms with Crippen LogP contribution in [0.4, 0.5) is 0 Å². The van der Waals surface area contributed by atoms with Crippen molar-refractivity contribution in [3.8, 4) is 17.6 Å². The van der Waals surface area contributed by atoms with Crippen molar-refractivity contribution in [3.05, 3.63) is 71.9 Å². The van der Waals surface area contributed by atoms with Crippen LogP contribution in [-0.2, 0) is 16.6 Å². The number of carbonyl (C=O) groups is 1. The first-order valence-corrected chi connectivity index (χ1v) is 10.3. The van der Waals surface area contributed by atoms with Gasteiger partial charge in [-0.1, -0.05) is 37.3 Å². The Morgan fingerprint density at radius 3 is 2.70 bits per heavy atom. The molecule has 1 unspecified atom stereocenters. The Hall–Kier alpha value is -3.46. The Morgan fingerprint density at radius 2 is 1.97 bits per heavy atom. The maximum Gasteiger partial charge on any atom is 0.180 e. The van der Waals surface area contributed by atoms with Gasteiger partial charge in [-0.2, -0.15) is 5.26 Å². The highest BCUT2D eigenvalue weighted by molar-refractivity contribution is 5.87. The number of hydrogen-bond donors (Lipinski definition) is 0. The van der Waals surface area contributed by atoms with Gasteiger partial charge in [0.25, 0.3) is 0 Å². The minimum Gasteiger partial charge on any atom is -0.298 e. The fourth-order valence-electron chi connectivity index (χ4n) is 5.42. The highest BCUT2D eigenvalue weighted by Crippen LogP contribution is 2.55. The van der Waals surface area contributed by atoms with E-state index in [-0.39, 0.29) is 17.6 Å². The van der Waals surface area contributed by atoms with Gasteiger partial charge in [-0.15, -0.1) is 0 Å². The second kappa shape index (κ2) is 7.10. The number of carbonyl (C=O) groups excluding carboxylic acids is 1. The van der Waals surface area contributed by atoms with Crippen LogP contribution in [0.3, 0.4) is 0 Å². The number of hydrogen-bond acceptors (Lipinski definition) is 6. The van der Waals surface area contributed by atoms with E-state index in [4.69, 9.17) is 4.98 Å². The summed E-state index contributed by atoms with van der Waals surface area (Å²) in [5.74, 6) is -0.172. The molecule has 0 saturated heterocycles. The average molecular weight is 395 g/mol. The predicted molar refractivity (Wildman–Crippen MR) is 110 cm³/mol. The largest absolute Gasteiger partial charge is 0.298 e. The lowest BCUT2D eigenvalue weighted by Crippen LogP contribution is -2.53. The zero-order valence-corrected chi connectivity index (χ0v) is 16.7. The number of Topliss-reactive ketones (excluding diaryl/α,β-unsaturated/α-hetero) is 1. The van der Waals surface area contributed by atoms with Crippen molar-refractivity contribution < 1.29 is 4.79 Å². The lowest BCUT2D eigenvalue weighted by atomic mass is 9.51. The molecule has 5 rings (SSSR count). The molecule has 1 saturated carbocycles. The van der Waals surface area contributed by atoms with Crippen LogP contribution in [0.2, 0.25) is 0 Å². The molecule has 1 fully saturated rings. The van der Waals surface area contributed by atoms with E-state index >= 15 is 0 Å². The molecule has 0 aliphatic heterocycles. The summed E-state index contributed by atoms with van der Waals surface area (Å²) in [7, 11) is 0. The van der Waals surface area contributed by atoms with Crippen molar-refractivity contribution in [2.75, 3.05) is 0 Å². The molecule has 6 heteroatoms. The van der Waals surface area contributed by atoms with Crippen LogP contribution >= 0.6 is 0 Å². The number of benzene rings is 1. The Labute approximate surface area is 175 Å². The van der Waals surface area contributed by atoms with E-state index in [0.717, 1.165) is 29.7 Å². The summed E-state index contributed by atoms with van der Waals surface area (Å²) in [6.07, 6.45) is 8.94. The number of aryl methyl sites for hydroxylation is 1. The number of rotatable bonds is 2. The molecule has 148 valence electrons. The molecule has 0 spiro atoms. The normalized spacial score (nSPS) is 27.6. The molecule has 2 aromatic heterocycles. The molecule has 2 aliphatic rings. The minimum absolute atomic E-state index is 0.0562. The van der Waals surface area contributed by atoms with Crippen molar-refractivity contribution in [1.29, 1.82) is 5.26 Å². The highest BCUT2D eigenvalue weighted by Gasteiger charge is 2.56. The molecule has 6 nitrogen and oxygen atoms in total. The van der Waals surface area contributed by atoms with Gasteiger partial charge in [0, 0.05) is 29.9 Å². The van der Waals surface area contributed by atoms with E-state index < -0.39 is 11.3 Å². The summed E-state index contributed by atoms with van der Waals surface area (Å²) in [6, 6.07) is 12.5. The number of nitrogens with zero attached hydrogens (tertiary/aromatic N) is 5. The molecular formula is C24H21N5O. The van der Waals surface area contributed by atoms with E-state index in [1.54, 1.807) is 18.6 Å². The van der Waals surface area contributed by atoms with Gasteiger partial charge in [-0.25, -0.2) is 15.0 Å². The van der Waals surface area contributed by atoms with Crippen LogP contribution in [0.1, 0.15) is 36.6 Å². The van der Waals surface area contributed by atoms with Gasteiger partial charge in [-0.3, -0.25) is 9.78 Å². The van der Waals surface area contributed by atoms with Crippen molar-refractivity contribution in [2.45, 2.75) is 31.6 Å². The molecule has 2 aliphatic carbocycles. The third-order valence-corrected chi connectivity index (χ3v) is 6.80. The molecule has 0 bridgehead atoms. The molecule has 30 heavy (non-hydrogen) atoms. The average Bonchev–Trinajstić information content (AvgIpc) is 2.82. The van der Waals surface area contributed by atoms with Gasteiger partial charge in [0.15, 0.2) is 11.6 Å². The second-order valence-corrected chi connectivity index (χ2v) is 8.22. The molecule has 0 N–H and O–H groups in total. The van der Waals surface area contributed by atoms with Crippen LogP contribution in [0, 0.1) is 29.1 Å². The fourth-order valence-corrected chi connectivity index (χ4v) is 5.42. The molecule has 1 aromatic carbocycles. The van der Waals surface area contributed by atoms with Crippen LogP contribution < -0.4 is 0 Å². The molecule has 0 amide bonds. The van der Waals surface area contributed by atoms with Gasteiger partial charge < -0.3 is 0 Å². The van der Waals surface area contributed by atoms with Gasteiger partial charge in [-0.05, 0) is 36.3 Å². The van der Waals surface area contributed by atoms with E-state index in [0.29, 0.717) is 17.9 Å². The number of aromatic nitrogens is 4. The number of nitriles is 1. The molecule has 4 atom stereocenters. The zero-order valence-electron chi connectivity index (χ0n) is 16.7. The van der Waals surface area contributed by atoms with Gasteiger partial charge in [0.1, 0.15) is 11.6 Å². The van der Waals surface area contributed by atoms with Crippen molar-refractivity contribution in [1.82, 2.24) is 19.9 Å². The first kappa shape index (κ1) is 18.6.